The van der Waals surface area contributed by atoms with E-state index >= 15 is 0 Å². The van der Waals surface area contributed by atoms with Crippen molar-refractivity contribution in [3.63, 3.8) is 0 Å². The van der Waals surface area contributed by atoms with E-state index in [0.717, 1.165) is 17.9 Å². The standard InChI is InChI=1S/C25H23N5O3S/c31-21-13-12-19(22(32)15-21)16-26-28-24(33)17-34-25-29-27-23(14-11-18-7-3-1-4-8-18)30(25)20-9-5-2-6-10-20/h1-10,12-13,15-16,31-32H,11,14,17H2,(H,28,33)/b26-16+. The molecule has 34 heavy (non-hydrogen) atoms. The molecule has 0 unspecified atom stereocenters. The van der Waals surface area contributed by atoms with Gasteiger partial charge in [-0.3, -0.25) is 9.36 Å². The molecule has 1 heterocycles. The van der Waals surface area contributed by atoms with Crippen LogP contribution in [0.2, 0.25) is 0 Å². The first-order chi connectivity index (χ1) is 16.6. The molecule has 4 aromatic rings. The summed E-state index contributed by atoms with van der Waals surface area (Å²) in [6.45, 7) is 0. The van der Waals surface area contributed by atoms with Crippen LogP contribution in [-0.2, 0) is 17.6 Å². The Labute approximate surface area is 201 Å². The number of nitrogens with zero attached hydrogens (tertiary/aromatic N) is 4. The summed E-state index contributed by atoms with van der Waals surface area (Å²) in [7, 11) is 0. The number of nitrogens with one attached hydrogen (secondary N) is 1. The highest BCUT2D eigenvalue weighted by Gasteiger charge is 2.16. The van der Waals surface area contributed by atoms with E-state index in [2.05, 4.69) is 32.9 Å². The summed E-state index contributed by atoms with van der Waals surface area (Å²) in [5, 5.41) is 32.3. The second kappa shape index (κ2) is 11.2. The minimum Gasteiger partial charge on any atom is -0.508 e. The van der Waals surface area contributed by atoms with E-state index in [-0.39, 0.29) is 23.2 Å². The molecule has 4 rings (SSSR count). The quantitative estimate of drug-likeness (QED) is 0.194. The lowest BCUT2D eigenvalue weighted by Gasteiger charge is -2.10. The van der Waals surface area contributed by atoms with Crippen LogP contribution in [-0.4, -0.2) is 42.9 Å². The first-order valence-electron chi connectivity index (χ1n) is 10.6. The molecule has 3 aromatic carbocycles. The number of carbonyl (C=O) groups is 1. The molecule has 0 saturated heterocycles. The van der Waals surface area contributed by atoms with Gasteiger partial charge in [0, 0.05) is 23.7 Å². The second-order valence-corrected chi connectivity index (χ2v) is 8.32. The number of rotatable bonds is 9. The van der Waals surface area contributed by atoms with Gasteiger partial charge in [-0.1, -0.05) is 60.3 Å². The van der Waals surface area contributed by atoms with Crippen LogP contribution in [0.5, 0.6) is 11.5 Å². The lowest BCUT2D eigenvalue weighted by atomic mass is 10.1. The summed E-state index contributed by atoms with van der Waals surface area (Å²) < 4.78 is 1.97. The Balaban J connectivity index is 1.42. The molecule has 1 aromatic heterocycles. The predicted octanol–water partition coefficient (Wildman–Crippen LogP) is 3.71. The van der Waals surface area contributed by atoms with Crippen molar-refractivity contribution in [3.8, 4) is 17.2 Å². The first kappa shape index (κ1) is 23.1. The average molecular weight is 474 g/mol. The molecule has 0 aliphatic carbocycles. The van der Waals surface area contributed by atoms with Crippen molar-refractivity contribution >= 4 is 23.9 Å². The van der Waals surface area contributed by atoms with E-state index in [1.807, 2.05) is 53.1 Å². The maximum absolute atomic E-state index is 12.3. The summed E-state index contributed by atoms with van der Waals surface area (Å²) in [5.41, 5.74) is 4.96. The Kier molecular flexibility index (Phi) is 7.56. The minimum atomic E-state index is -0.326. The molecular formula is C25H23N5O3S. The predicted molar refractivity (Wildman–Crippen MR) is 131 cm³/mol. The molecule has 0 aliphatic heterocycles. The number of para-hydroxylation sites is 1. The zero-order valence-corrected chi connectivity index (χ0v) is 19.0. The molecule has 0 radical (unpaired) electrons. The number of amides is 1. The van der Waals surface area contributed by atoms with E-state index in [1.165, 1.54) is 41.7 Å². The Morgan fingerprint density at radius 2 is 1.71 bits per heavy atom. The Hall–Kier alpha value is -4.11. The van der Waals surface area contributed by atoms with Gasteiger partial charge in [0.1, 0.15) is 17.3 Å². The van der Waals surface area contributed by atoms with Gasteiger partial charge >= 0.3 is 0 Å². The van der Waals surface area contributed by atoms with Crippen molar-refractivity contribution in [1.82, 2.24) is 20.2 Å². The van der Waals surface area contributed by atoms with Crippen molar-refractivity contribution in [2.45, 2.75) is 18.0 Å². The summed E-state index contributed by atoms with van der Waals surface area (Å²) >= 11 is 1.26. The van der Waals surface area contributed by atoms with Crippen molar-refractivity contribution in [3.05, 3.63) is 95.8 Å². The number of carbonyl (C=O) groups excluding carboxylic acids is 1. The largest absolute Gasteiger partial charge is 0.508 e. The van der Waals surface area contributed by atoms with Crippen LogP contribution in [0.1, 0.15) is 17.0 Å². The van der Waals surface area contributed by atoms with E-state index in [1.54, 1.807) is 0 Å². The fraction of sp³-hybridized carbons (Fsp3) is 0.120. The monoisotopic (exact) mass is 473 g/mol. The van der Waals surface area contributed by atoms with Gasteiger partial charge in [-0.15, -0.1) is 10.2 Å². The zero-order valence-electron chi connectivity index (χ0n) is 18.2. The molecule has 0 bridgehead atoms. The lowest BCUT2D eigenvalue weighted by molar-refractivity contribution is -0.118. The lowest BCUT2D eigenvalue weighted by Crippen LogP contribution is -2.20. The van der Waals surface area contributed by atoms with Crippen LogP contribution in [0.3, 0.4) is 0 Å². The SMILES string of the molecule is O=C(CSc1nnc(CCc2ccccc2)n1-c1ccccc1)N/N=C/c1ccc(O)cc1O. The fourth-order valence-corrected chi connectivity index (χ4v) is 4.03. The van der Waals surface area contributed by atoms with Crippen LogP contribution in [0.15, 0.2) is 89.1 Å². The summed E-state index contributed by atoms with van der Waals surface area (Å²) in [5.74, 6) is 0.390. The maximum Gasteiger partial charge on any atom is 0.250 e. The first-order valence-corrected chi connectivity index (χ1v) is 11.6. The third-order valence-corrected chi connectivity index (χ3v) is 5.86. The smallest absolute Gasteiger partial charge is 0.250 e. The van der Waals surface area contributed by atoms with Gasteiger partial charge in [-0.05, 0) is 36.2 Å². The second-order valence-electron chi connectivity index (χ2n) is 7.38. The molecule has 0 saturated carbocycles. The van der Waals surface area contributed by atoms with Crippen molar-refractivity contribution < 1.29 is 15.0 Å². The van der Waals surface area contributed by atoms with Gasteiger partial charge in [0.25, 0.3) is 5.91 Å². The number of hydrogen-bond donors (Lipinski definition) is 3. The van der Waals surface area contributed by atoms with Gasteiger partial charge < -0.3 is 10.2 Å². The highest BCUT2D eigenvalue weighted by molar-refractivity contribution is 7.99. The normalized spacial score (nSPS) is 11.1. The van der Waals surface area contributed by atoms with Gasteiger partial charge in [0.05, 0.1) is 12.0 Å². The number of aromatic nitrogens is 3. The van der Waals surface area contributed by atoms with Crippen molar-refractivity contribution in [2.24, 2.45) is 5.10 Å². The molecule has 3 N–H and O–H groups in total. The number of thioether (sulfide) groups is 1. The van der Waals surface area contributed by atoms with Crippen LogP contribution in [0.4, 0.5) is 0 Å². The molecule has 8 nitrogen and oxygen atoms in total. The van der Waals surface area contributed by atoms with E-state index < -0.39 is 0 Å². The van der Waals surface area contributed by atoms with E-state index in [0.29, 0.717) is 17.1 Å². The summed E-state index contributed by atoms with van der Waals surface area (Å²) in [6.07, 6.45) is 2.85. The molecule has 9 heteroatoms. The Morgan fingerprint density at radius 1 is 0.971 bits per heavy atom. The average Bonchev–Trinajstić information content (AvgIpc) is 3.27. The number of aryl methyl sites for hydroxylation is 2. The third-order valence-electron chi connectivity index (χ3n) is 4.93. The molecule has 172 valence electrons. The zero-order chi connectivity index (χ0) is 23.8. The van der Waals surface area contributed by atoms with E-state index in [9.17, 15) is 15.0 Å². The molecule has 1 amide bonds. The van der Waals surface area contributed by atoms with E-state index in [4.69, 9.17) is 0 Å². The number of hydrazone groups is 1. The highest BCUT2D eigenvalue weighted by Crippen LogP contribution is 2.23. The van der Waals surface area contributed by atoms with Gasteiger partial charge in [-0.2, -0.15) is 5.10 Å². The van der Waals surface area contributed by atoms with Crippen molar-refractivity contribution in [2.75, 3.05) is 5.75 Å². The summed E-state index contributed by atoms with van der Waals surface area (Å²) in [6, 6.07) is 24.1. The topological polar surface area (TPSA) is 113 Å². The Bertz CT molecular complexity index is 1280. The minimum absolute atomic E-state index is 0.0549. The molecule has 0 atom stereocenters. The number of phenols is 2. The van der Waals surface area contributed by atoms with Crippen LogP contribution < -0.4 is 5.43 Å². The van der Waals surface area contributed by atoms with Gasteiger partial charge in [0.15, 0.2) is 5.16 Å². The van der Waals surface area contributed by atoms with Crippen LogP contribution in [0.25, 0.3) is 5.69 Å². The molecular weight excluding hydrogens is 450 g/mol. The molecule has 0 fully saturated rings. The van der Waals surface area contributed by atoms with Crippen LogP contribution >= 0.6 is 11.8 Å². The number of benzene rings is 3. The number of aromatic hydroxyl groups is 2. The molecule has 0 spiro atoms. The fourth-order valence-electron chi connectivity index (χ4n) is 3.27. The number of phenolic OH excluding ortho intramolecular Hbond substituents is 2. The summed E-state index contributed by atoms with van der Waals surface area (Å²) in [4.78, 5) is 12.3. The van der Waals surface area contributed by atoms with Gasteiger partial charge in [-0.25, -0.2) is 5.43 Å². The van der Waals surface area contributed by atoms with Crippen molar-refractivity contribution in [1.29, 1.82) is 0 Å². The van der Waals surface area contributed by atoms with Gasteiger partial charge in [0.2, 0.25) is 0 Å². The molecule has 0 aliphatic rings. The number of hydrogen-bond acceptors (Lipinski definition) is 7. The third kappa shape index (κ3) is 6.02. The Morgan fingerprint density at radius 3 is 2.44 bits per heavy atom. The maximum atomic E-state index is 12.3. The highest BCUT2D eigenvalue weighted by atomic mass is 32.2. The van der Waals surface area contributed by atoms with Crippen LogP contribution in [0, 0.1) is 0 Å².